The number of aryl methyl sites for hydroxylation is 1. The SMILES string of the molecule is CCNC1(C#N)CCCC1CCOc1ccc(CC)cc1. The molecule has 0 saturated heterocycles. The first-order valence-electron chi connectivity index (χ1n) is 8.12. The Morgan fingerprint density at radius 3 is 2.71 bits per heavy atom. The highest BCUT2D eigenvalue weighted by Crippen LogP contribution is 2.37. The van der Waals surface area contributed by atoms with E-state index < -0.39 is 0 Å². The maximum Gasteiger partial charge on any atom is 0.119 e. The Bertz CT molecular complexity index is 477. The Kier molecular flexibility index (Phi) is 5.64. The van der Waals surface area contributed by atoms with Crippen molar-refractivity contribution in [2.75, 3.05) is 13.2 Å². The van der Waals surface area contributed by atoms with Crippen LogP contribution in [0.5, 0.6) is 5.75 Å². The van der Waals surface area contributed by atoms with Crippen LogP contribution in [-0.2, 0) is 6.42 Å². The number of hydrogen-bond acceptors (Lipinski definition) is 3. The van der Waals surface area contributed by atoms with Crippen LogP contribution in [0.4, 0.5) is 0 Å². The van der Waals surface area contributed by atoms with Gasteiger partial charge in [-0.2, -0.15) is 5.26 Å². The number of nitriles is 1. The summed E-state index contributed by atoms with van der Waals surface area (Å²) in [7, 11) is 0. The Balaban J connectivity index is 1.86. The van der Waals surface area contributed by atoms with E-state index >= 15 is 0 Å². The second kappa shape index (κ2) is 7.47. The van der Waals surface area contributed by atoms with E-state index in [9.17, 15) is 5.26 Å². The average molecular weight is 286 g/mol. The molecule has 114 valence electrons. The van der Waals surface area contributed by atoms with Crippen molar-refractivity contribution >= 4 is 0 Å². The molecular weight excluding hydrogens is 260 g/mol. The molecule has 21 heavy (non-hydrogen) atoms. The van der Waals surface area contributed by atoms with Crippen molar-refractivity contribution in [1.29, 1.82) is 5.26 Å². The summed E-state index contributed by atoms with van der Waals surface area (Å²) in [5, 5.41) is 12.9. The predicted octanol–water partition coefficient (Wildman–Crippen LogP) is 3.69. The van der Waals surface area contributed by atoms with Crippen LogP contribution in [0.3, 0.4) is 0 Å². The molecule has 2 rings (SSSR count). The number of hydrogen-bond donors (Lipinski definition) is 1. The minimum atomic E-state index is -0.329. The monoisotopic (exact) mass is 286 g/mol. The number of benzene rings is 1. The first-order chi connectivity index (χ1) is 10.2. The summed E-state index contributed by atoms with van der Waals surface area (Å²) in [5.41, 5.74) is 0.998. The molecule has 1 aromatic rings. The molecule has 0 aromatic heterocycles. The molecule has 2 atom stereocenters. The predicted molar refractivity (Wildman–Crippen MR) is 85.3 cm³/mol. The summed E-state index contributed by atoms with van der Waals surface area (Å²) in [6.07, 6.45) is 5.22. The molecule has 3 heteroatoms. The van der Waals surface area contributed by atoms with Gasteiger partial charge < -0.3 is 4.74 Å². The van der Waals surface area contributed by atoms with Crippen molar-refractivity contribution in [2.24, 2.45) is 5.92 Å². The highest BCUT2D eigenvalue weighted by molar-refractivity contribution is 5.27. The van der Waals surface area contributed by atoms with Gasteiger partial charge in [-0.25, -0.2) is 0 Å². The van der Waals surface area contributed by atoms with E-state index in [-0.39, 0.29) is 5.54 Å². The van der Waals surface area contributed by atoms with Crippen molar-refractivity contribution in [3.8, 4) is 11.8 Å². The quantitative estimate of drug-likeness (QED) is 0.831. The van der Waals surface area contributed by atoms with Crippen LogP contribution in [0.2, 0.25) is 0 Å². The third kappa shape index (κ3) is 3.77. The lowest BCUT2D eigenvalue weighted by Crippen LogP contribution is -2.47. The van der Waals surface area contributed by atoms with Crippen LogP contribution >= 0.6 is 0 Å². The van der Waals surface area contributed by atoms with Crippen LogP contribution in [-0.4, -0.2) is 18.7 Å². The minimum absolute atomic E-state index is 0.329. The van der Waals surface area contributed by atoms with E-state index in [1.54, 1.807) is 0 Å². The lowest BCUT2D eigenvalue weighted by Gasteiger charge is -2.29. The van der Waals surface area contributed by atoms with Crippen LogP contribution in [0.1, 0.15) is 45.1 Å². The van der Waals surface area contributed by atoms with Gasteiger partial charge in [0.2, 0.25) is 0 Å². The Hall–Kier alpha value is -1.53. The van der Waals surface area contributed by atoms with Crippen molar-refractivity contribution < 1.29 is 4.74 Å². The number of nitrogens with one attached hydrogen (secondary N) is 1. The maximum atomic E-state index is 9.54. The molecule has 3 nitrogen and oxygen atoms in total. The van der Waals surface area contributed by atoms with Crippen LogP contribution in [0.15, 0.2) is 24.3 Å². The lowest BCUT2D eigenvalue weighted by atomic mass is 9.86. The zero-order chi connectivity index (χ0) is 15.1. The zero-order valence-electron chi connectivity index (χ0n) is 13.2. The minimum Gasteiger partial charge on any atom is -0.494 e. The summed E-state index contributed by atoms with van der Waals surface area (Å²) >= 11 is 0. The van der Waals surface area contributed by atoms with Crippen LogP contribution in [0, 0.1) is 17.2 Å². The molecule has 0 heterocycles. The summed E-state index contributed by atoms with van der Waals surface area (Å²) in [5.74, 6) is 1.33. The molecule has 1 aliphatic carbocycles. The fourth-order valence-electron chi connectivity index (χ4n) is 3.34. The number of rotatable bonds is 7. The molecule has 0 bridgehead atoms. The first-order valence-corrected chi connectivity index (χ1v) is 8.12. The van der Waals surface area contributed by atoms with Gasteiger partial charge in [-0.1, -0.05) is 32.4 Å². The van der Waals surface area contributed by atoms with Gasteiger partial charge in [0.1, 0.15) is 11.3 Å². The highest BCUT2D eigenvalue weighted by Gasteiger charge is 2.42. The zero-order valence-corrected chi connectivity index (χ0v) is 13.2. The Morgan fingerprint density at radius 2 is 2.10 bits per heavy atom. The van der Waals surface area contributed by atoms with Gasteiger partial charge in [0.05, 0.1) is 12.7 Å². The first kappa shape index (κ1) is 15.9. The molecule has 1 aliphatic rings. The summed E-state index contributed by atoms with van der Waals surface area (Å²) in [6.45, 7) is 5.76. The molecule has 1 N–H and O–H groups in total. The van der Waals surface area contributed by atoms with Gasteiger partial charge in [0.15, 0.2) is 0 Å². The molecule has 1 aromatic carbocycles. The maximum absolute atomic E-state index is 9.54. The van der Waals surface area contributed by atoms with Gasteiger partial charge in [-0.15, -0.1) is 0 Å². The summed E-state index contributed by atoms with van der Waals surface area (Å²) in [4.78, 5) is 0. The summed E-state index contributed by atoms with van der Waals surface area (Å²) < 4.78 is 5.85. The third-order valence-corrected chi connectivity index (χ3v) is 4.58. The van der Waals surface area contributed by atoms with Crippen LogP contribution < -0.4 is 10.1 Å². The second-order valence-electron chi connectivity index (χ2n) is 5.84. The van der Waals surface area contributed by atoms with Gasteiger partial charge in [0.25, 0.3) is 0 Å². The second-order valence-corrected chi connectivity index (χ2v) is 5.84. The van der Waals surface area contributed by atoms with E-state index in [4.69, 9.17) is 4.74 Å². The van der Waals surface area contributed by atoms with E-state index in [0.29, 0.717) is 12.5 Å². The molecule has 0 amide bonds. The van der Waals surface area contributed by atoms with E-state index in [1.165, 1.54) is 5.56 Å². The molecule has 0 aliphatic heterocycles. The summed E-state index contributed by atoms with van der Waals surface area (Å²) in [6, 6.07) is 10.8. The topological polar surface area (TPSA) is 45.0 Å². The Labute approximate surface area is 128 Å². The third-order valence-electron chi connectivity index (χ3n) is 4.58. The molecule has 0 spiro atoms. The van der Waals surface area contributed by atoms with Gasteiger partial charge in [-0.05, 0) is 55.8 Å². The molecule has 2 unspecified atom stereocenters. The number of nitrogens with zero attached hydrogens (tertiary/aromatic N) is 1. The highest BCUT2D eigenvalue weighted by atomic mass is 16.5. The standard InChI is InChI=1S/C18H26N2O/c1-3-15-7-9-17(10-8-15)21-13-11-16-6-5-12-18(16,14-19)20-4-2/h7-10,16,20H,3-6,11-13H2,1-2H3. The fourth-order valence-corrected chi connectivity index (χ4v) is 3.34. The van der Waals surface area contributed by atoms with E-state index in [2.05, 4.69) is 37.4 Å². The van der Waals surface area contributed by atoms with Gasteiger partial charge >= 0.3 is 0 Å². The van der Waals surface area contributed by atoms with Crippen molar-refractivity contribution in [1.82, 2.24) is 5.32 Å². The largest absolute Gasteiger partial charge is 0.494 e. The van der Waals surface area contributed by atoms with Gasteiger partial charge in [-0.3, -0.25) is 5.32 Å². The normalized spacial score (nSPS) is 24.7. The smallest absolute Gasteiger partial charge is 0.119 e. The molecular formula is C18H26N2O. The molecule has 0 radical (unpaired) electrons. The Morgan fingerprint density at radius 1 is 1.33 bits per heavy atom. The van der Waals surface area contributed by atoms with E-state index in [1.807, 2.05) is 12.1 Å². The van der Waals surface area contributed by atoms with Gasteiger partial charge in [0, 0.05) is 0 Å². The van der Waals surface area contributed by atoms with Crippen molar-refractivity contribution in [2.45, 2.75) is 51.5 Å². The molecule has 1 saturated carbocycles. The van der Waals surface area contributed by atoms with Crippen molar-refractivity contribution in [3.63, 3.8) is 0 Å². The number of ether oxygens (including phenoxy) is 1. The van der Waals surface area contributed by atoms with Crippen LogP contribution in [0.25, 0.3) is 0 Å². The molecule has 1 fully saturated rings. The van der Waals surface area contributed by atoms with Crippen molar-refractivity contribution in [3.05, 3.63) is 29.8 Å². The fraction of sp³-hybridized carbons (Fsp3) is 0.611. The average Bonchev–Trinajstić information content (AvgIpc) is 2.92. The van der Waals surface area contributed by atoms with E-state index in [0.717, 1.165) is 44.4 Å². The lowest BCUT2D eigenvalue weighted by molar-refractivity contribution is 0.234.